The molecule has 0 atom stereocenters. The van der Waals surface area contributed by atoms with Gasteiger partial charge in [0, 0.05) is 13.1 Å². The Bertz CT molecular complexity index is 287. The van der Waals surface area contributed by atoms with Crippen LogP contribution >= 0.6 is 0 Å². The molecule has 0 aromatic carbocycles. The monoisotopic (exact) mass is 376 g/mol. The molecule has 1 amide bonds. The lowest BCUT2D eigenvalue weighted by Crippen LogP contribution is -3.00. The number of nitrogens with zero attached hydrogens (tertiary/aromatic N) is 2. The van der Waals surface area contributed by atoms with E-state index in [0.29, 0.717) is 12.5 Å². The van der Waals surface area contributed by atoms with Gasteiger partial charge in [-0.05, 0) is 12.8 Å². The van der Waals surface area contributed by atoms with Gasteiger partial charge in [0.15, 0.2) is 6.54 Å². The minimum atomic E-state index is 0. The maximum Gasteiger partial charge on any atom is 0.277 e. The molecule has 4 heteroatoms. The fourth-order valence-electron chi connectivity index (χ4n) is 3.03. The molecule has 0 bridgehead atoms. The van der Waals surface area contributed by atoms with Crippen LogP contribution in [0.15, 0.2) is 0 Å². The van der Waals surface area contributed by atoms with Crippen LogP contribution in [0.4, 0.5) is 0 Å². The van der Waals surface area contributed by atoms with Crippen LogP contribution in [0.25, 0.3) is 0 Å². The van der Waals surface area contributed by atoms with Crippen LogP contribution in [-0.4, -0.2) is 56.1 Å². The van der Waals surface area contributed by atoms with Crippen LogP contribution in [0.3, 0.4) is 0 Å². The molecule has 0 heterocycles. The van der Waals surface area contributed by atoms with Crippen LogP contribution in [-0.2, 0) is 4.79 Å². The molecule has 0 fully saturated rings. The first kappa shape index (κ1) is 26.9. The van der Waals surface area contributed by atoms with Gasteiger partial charge in [0.2, 0.25) is 0 Å². The number of hydrogen-bond acceptors (Lipinski definition) is 1. The Kier molecular flexibility index (Phi) is 18.5. The van der Waals surface area contributed by atoms with Gasteiger partial charge < -0.3 is 21.8 Å². The van der Waals surface area contributed by atoms with Crippen LogP contribution in [0.5, 0.6) is 0 Å². The molecule has 25 heavy (non-hydrogen) atoms. The highest BCUT2D eigenvalue weighted by atomic mass is 35.5. The molecule has 0 saturated carbocycles. The third-order valence-corrected chi connectivity index (χ3v) is 4.53. The Morgan fingerprint density at radius 3 is 1.40 bits per heavy atom. The molecule has 0 aliphatic rings. The molecule has 0 spiro atoms. The second-order valence-corrected chi connectivity index (χ2v) is 8.36. The van der Waals surface area contributed by atoms with E-state index in [-0.39, 0.29) is 12.4 Å². The molecule has 152 valence electrons. The second kappa shape index (κ2) is 17.1. The average Bonchev–Trinajstić information content (AvgIpc) is 2.50. The van der Waals surface area contributed by atoms with Gasteiger partial charge >= 0.3 is 0 Å². The number of likely N-dealkylation sites (N-methyl/N-ethyl adjacent to an activating group) is 1. The summed E-state index contributed by atoms with van der Waals surface area (Å²) in [6.45, 7) is 7.04. The summed E-state index contributed by atoms with van der Waals surface area (Å²) in [7, 11) is 6.31. The molecular formula is C21H45ClN2O. The molecule has 0 aliphatic carbocycles. The first-order valence-electron chi connectivity index (χ1n) is 10.5. The Morgan fingerprint density at radius 1 is 0.680 bits per heavy atom. The number of quaternary nitrogens is 1. The fourth-order valence-corrected chi connectivity index (χ4v) is 3.03. The van der Waals surface area contributed by atoms with E-state index < -0.39 is 0 Å². The minimum absolute atomic E-state index is 0. The fraction of sp³-hybridized carbons (Fsp3) is 0.952. The van der Waals surface area contributed by atoms with Crippen molar-refractivity contribution in [3.63, 3.8) is 0 Å². The number of halogens is 1. The van der Waals surface area contributed by atoms with E-state index in [4.69, 9.17) is 0 Å². The maximum absolute atomic E-state index is 12.6. The van der Waals surface area contributed by atoms with Crippen molar-refractivity contribution in [2.24, 2.45) is 0 Å². The topological polar surface area (TPSA) is 20.3 Å². The van der Waals surface area contributed by atoms with Gasteiger partial charge in [-0.3, -0.25) is 4.79 Å². The highest BCUT2D eigenvalue weighted by Crippen LogP contribution is 2.10. The van der Waals surface area contributed by atoms with Crippen molar-refractivity contribution in [2.45, 2.75) is 90.9 Å². The predicted molar refractivity (Wildman–Crippen MR) is 106 cm³/mol. The van der Waals surface area contributed by atoms with Crippen molar-refractivity contribution in [3.8, 4) is 0 Å². The second-order valence-electron chi connectivity index (χ2n) is 8.36. The van der Waals surface area contributed by atoms with Gasteiger partial charge in [-0.15, -0.1) is 0 Å². The van der Waals surface area contributed by atoms with Crippen molar-refractivity contribution in [1.29, 1.82) is 0 Å². The third kappa shape index (κ3) is 18.3. The summed E-state index contributed by atoms with van der Waals surface area (Å²) in [6, 6.07) is 0. The molecule has 0 aromatic rings. The van der Waals surface area contributed by atoms with Crippen molar-refractivity contribution >= 4 is 5.91 Å². The maximum atomic E-state index is 12.6. The molecule has 0 unspecified atom stereocenters. The zero-order valence-corrected chi connectivity index (χ0v) is 18.5. The van der Waals surface area contributed by atoms with Crippen LogP contribution < -0.4 is 12.4 Å². The summed E-state index contributed by atoms with van der Waals surface area (Å²) in [5.41, 5.74) is 0. The summed E-state index contributed by atoms with van der Waals surface area (Å²) < 4.78 is 0.725. The minimum Gasteiger partial charge on any atom is -1.00 e. The van der Waals surface area contributed by atoms with E-state index in [1.54, 1.807) is 0 Å². The normalized spacial score (nSPS) is 11.2. The standard InChI is InChI=1S/C21H45N2O.ClH/c1-6-8-10-12-14-16-18-22(21(24)20-23(3,4)5)19-17-15-13-11-9-7-2;/h6-20H2,1-5H3;1H/q+1;/p-1. The smallest absolute Gasteiger partial charge is 0.277 e. The van der Waals surface area contributed by atoms with Crippen molar-refractivity contribution in [1.82, 2.24) is 4.90 Å². The van der Waals surface area contributed by atoms with E-state index >= 15 is 0 Å². The molecule has 0 rings (SSSR count). The summed E-state index contributed by atoms with van der Waals surface area (Å²) in [6.07, 6.45) is 15.5. The Labute approximate surface area is 164 Å². The summed E-state index contributed by atoms with van der Waals surface area (Å²) in [5, 5.41) is 0. The van der Waals surface area contributed by atoms with Crippen LogP contribution in [0, 0.1) is 0 Å². The van der Waals surface area contributed by atoms with E-state index in [9.17, 15) is 4.79 Å². The largest absolute Gasteiger partial charge is 1.00 e. The number of rotatable bonds is 16. The lowest BCUT2D eigenvalue weighted by Gasteiger charge is -2.28. The van der Waals surface area contributed by atoms with Crippen molar-refractivity contribution < 1.29 is 21.7 Å². The predicted octanol–water partition coefficient (Wildman–Crippen LogP) is 2.25. The lowest BCUT2D eigenvalue weighted by atomic mass is 10.1. The zero-order valence-electron chi connectivity index (χ0n) is 17.8. The molecule has 0 radical (unpaired) electrons. The van der Waals surface area contributed by atoms with E-state index in [1.807, 2.05) is 0 Å². The first-order chi connectivity index (χ1) is 11.4. The van der Waals surface area contributed by atoms with Crippen molar-refractivity contribution in [2.75, 3.05) is 40.8 Å². The van der Waals surface area contributed by atoms with Gasteiger partial charge in [-0.25, -0.2) is 0 Å². The first-order valence-corrected chi connectivity index (χ1v) is 10.5. The van der Waals surface area contributed by atoms with Crippen molar-refractivity contribution in [3.05, 3.63) is 0 Å². The third-order valence-electron chi connectivity index (χ3n) is 4.53. The van der Waals surface area contributed by atoms with Gasteiger partial charge in [-0.1, -0.05) is 78.1 Å². The van der Waals surface area contributed by atoms with Gasteiger partial charge in [0.25, 0.3) is 5.91 Å². The molecule has 0 saturated heterocycles. The summed E-state index contributed by atoms with van der Waals surface area (Å²) >= 11 is 0. The Morgan fingerprint density at radius 2 is 1.04 bits per heavy atom. The molecule has 3 nitrogen and oxygen atoms in total. The van der Waals surface area contributed by atoms with E-state index in [0.717, 1.165) is 17.6 Å². The molecule has 0 N–H and O–H groups in total. The number of amides is 1. The Hall–Kier alpha value is -0.280. The number of carbonyl (C=O) groups is 1. The molecule has 0 aromatic heterocycles. The summed E-state index contributed by atoms with van der Waals surface area (Å²) in [5.74, 6) is 0.338. The Balaban J connectivity index is 0. The number of unbranched alkanes of at least 4 members (excludes halogenated alkanes) is 10. The van der Waals surface area contributed by atoms with E-state index in [2.05, 4.69) is 39.9 Å². The average molecular weight is 377 g/mol. The molecule has 0 aliphatic heterocycles. The highest BCUT2D eigenvalue weighted by molar-refractivity contribution is 5.77. The number of hydrogen-bond donors (Lipinski definition) is 0. The zero-order chi connectivity index (χ0) is 18.3. The SMILES string of the molecule is CCCCCCCCN(CCCCCCCC)C(=O)C[N+](C)(C)C.[Cl-]. The van der Waals surface area contributed by atoms with Gasteiger partial charge in [0.1, 0.15) is 0 Å². The highest BCUT2D eigenvalue weighted by Gasteiger charge is 2.20. The molecular weight excluding hydrogens is 332 g/mol. The van der Waals surface area contributed by atoms with Gasteiger partial charge in [0.05, 0.1) is 21.1 Å². The van der Waals surface area contributed by atoms with Crippen LogP contribution in [0.1, 0.15) is 90.9 Å². The van der Waals surface area contributed by atoms with Crippen LogP contribution in [0.2, 0.25) is 0 Å². The quantitative estimate of drug-likeness (QED) is 0.299. The van der Waals surface area contributed by atoms with E-state index in [1.165, 1.54) is 77.0 Å². The van der Waals surface area contributed by atoms with Gasteiger partial charge in [-0.2, -0.15) is 0 Å². The lowest BCUT2D eigenvalue weighted by molar-refractivity contribution is -0.862. The number of carbonyl (C=O) groups excluding carboxylic acids is 1. The summed E-state index contributed by atoms with van der Waals surface area (Å²) in [4.78, 5) is 14.7.